The standard InChI is InChI=1S/C13H18O/c1-9-5-6-10-8-12(14-4)13(2,3)11(10)7-9/h5-7,12H,8H2,1-4H3. The number of methoxy groups -OCH3 is 1. The van der Waals surface area contributed by atoms with E-state index >= 15 is 0 Å². The summed E-state index contributed by atoms with van der Waals surface area (Å²) in [4.78, 5) is 0. The molecule has 1 nitrogen and oxygen atoms in total. The van der Waals surface area contributed by atoms with Gasteiger partial charge in [0.05, 0.1) is 6.10 Å². The fourth-order valence-electron chi connectivity index (χ4n) is 2.47. The summed E-state index contributed by atoms with van der Waals surface area (Å²) in [6.45, 7) is 6.69. The van der Waals surface area contributed by atoms with E-state index in [1.165, 1.54) is 16.7 Å². The van der Waals surface area contributed by atoms with Crippen LogP contribution in [0.4, 0.5) is 0 Å². The van der Waals surface area contributed by atoms with Crippen LogP contribution in [0.1, 0.15) is 30.5 Å². The molecule has 1 aromatic rings. The summed E-state index contributed by atoms with van der Waals surface area (Å²) in [6, 6.07) is 6.73. The van der Waals surface area contributed by atoms with Crippen LogP contribution in [-0.2, 0) is 16.6 Å². The highest BCUT2D eigenvalue weighted by Gasteiger charge is 2.39. The summed E-state index contributed by atoms with van der Waals surface area (Å²) in [5, 5.41) is 0. The number of fused-ring (bicyclic) bond motifs is 1. The summed E-state index contributed by atoms with van der Waals surface area (Å²) in [6.07, 6.45) is 1.39. The lowest BCUT2D eigenvalue weighted by molar-refractivity contribution is 0.0583. The van der Waals surface area contributed by atoms with E-state index in [1.54, 1.807) is 0 Å². The molecule has 0 fully saturated rings. The lowest BCUT2D eigenvalue weighted by Gasteiger charge is -2.27. The molecule has 1 unspecified atom stereocenters. The van der Waals surface area contributed by atoms with Gasteiger partial charge >= 0.3 is 0 Å². The van der Waals surface area contributed by atoms with E-state index in [9.17, 15) is 0 Å². The minimum atomic E-state index is 0.163. The van der Waals surface area contributed by atoms with Crippen LogP contribution in [-0.4, -0.2) is 13.2 Å². The summed E-state index contributed by atoms with van der Waals surface area (Å²) in [7, 11) is 1.81. The molecule has 0 aromatic heterocycles. The van der Waals surface area contributed by atoms with Gasteiger partial charge in [-0.2, -0.15) is 0 Å². The second kappa shape index (κ2) is 3.09. The Hall–Kier alpha value is -0.820. The van der Waals surface area contributed by atoms with Crippen molar-refractivity contribution in [2.24, 2.45) is 0 Å². The van der Waals surface area contributed by atoms with Crippen molar-refractivity contribution in [2.75, 3.05) is 7.11 Å². The van der Waals surface area contributed by atoms with E-state index in [2.05, 4.69) is 39.0 Å². The number of ether oxygens (including phenoxy) is 1. The largest absolute Gasteiger partial charge is 0.380 e. The molecular weight excluding hydrogens is 172 g/mol. The van der Waals surface area contributed by atoms with Crippen LogP contribution in [0.3, 0.4) is 0 Å². The second-order valence-electron chi connectivity index (χ2n) is 4.81. The first-order valence-corrected chi connectivity index (χ1v) is 5.18. The van der Waals surface area contributed by atoms with E-state index in [0.29, 0.717) is 6.10 Å². The minimum absolute atomic E-state index is 0.163. The molecular formula is C13H18O. The average molecular weight is 190 g/mol. The molecule has 0 amide bonds. The third-order valence-corrected chi connectivity index (χ3v) is 3.45. The van der Waals surface area contributed by atoms with E-state index in [0.717, 1.165) is 6.42 Å². The van der Waals surface area contributed by atoms with Crippen molar-refractivity contribution in [3.8, 4) is 0 Å². The van der Waals surface area contributed by atoms with Gasteiger partial charge in [0.1, 0.15) is 0 Å². The Morgan fingerprint density at radius 3 is 2.71 bits per heavy atom. The van der Waals surface area contributed by atoms with Gasteiger partial charge in [-0.25, -0.2) is 0 Å². The van der Waals surface area contributed by atoms with Crippen LogP contribution in [0, 0.1) is 6.92 Å². The van der Waals surface area contributed by atoms with Crippen LogP contribution < -0.4 is 0 Å². The molecule has 1 heteroatoms. The molecule has 0 aliphatic heterocycles. The zero-order valence-electron chi connectivity index (χ0n) is 9.42. The van der Waals surface area contributed by atoms with E-state index in [4.69, 9.17) is 4.74 Å². The van der Waals surface area contributed by atoms with E-state index in [1.807, 2.05) is 7.11 Å². The van der Waals surface area contributed by atoms with Gasteiger partial charge in [-0.3, -0.25) is 0 Å². The number of aryl methyl sites for hydroxylation is 1. The Kier molecular flexibility index (Phi) is 2.15. The van der Waals surface area contributed by atoms with Crippen LogP contribution >= 0.6 is 0 Å². The molecule has 14 heavy (non-hydrogen) atoms. The summed E-state index contributed by atoms with van der Waals surface area (Å²) < 4.78 is 5.55. The van der Waals surface area contributed by atoms with Crippen molar-refractivity contribution < 1.29 is 4.74 Å². The Morgan fingerprint density at radius 1 is 1.36 bits per heavy atom. The Bertz CT molecular complexity index is 352. The van der Waals surface area contributed by atoms with Crippen LogP contribution in [0.15, 0.2) is 18.2 Å². The maximum absolute atomic E-state index is 5.55. The smallest absolute Gasteiger partial charge is 0.0702 e. The normalized spacial score (nSPS) is 23.6. The summed E-state index contributed by atoms with van der Waals surface area (Å²) in [5.74, 6) is 0. The van der Waals surface area contributed by atoms with E-state index < -0.39 is 0 Å². The molecule has 76 valence electrons. The molecule has 1 aromatic carbocycles. The van der Waals surface area contributed by atoms with Crippen molar-refractivity contribution in [3.63, 3.8) is 0 Å². The van der Waals surface area contributed by atoms with Gasteiger partial charge in [0, 0.05) is 12.5 Å². The molecule has 0 spiro atoms. The number of hydrogen-bond donors (Lipinski definition) is 0. The highest BCUT2D eigenvalue weighted by molar-refractivity contribution is 5.42. The molecule has 2 rings (SSSR count). The van der Waals surface area contributed by atoms with Gasteiger partial charge in [-0.15, -0.1) is 0 Å². The van der Waals surface area contributed by atoms with Gasteiger partial charge in [0.25, 0.3) is 0 Å². The first-order valence-electron chi connectivity index (χ1n) is 5.18. The Morgan fingerprint density at radius 2 is 2.07 bits per heavy atom. The number of benzene rings is 1. The molecule has 1 aliphatic rings. The maximum Gasteiger partial charge on any atom is 0.0702 e. The molecule has 0 bridgehead atoms. The lowest BCUT2D eigenvalue weighted by atomic mass is 9.84. The maximum atomic E-state index is 5.55. The van der Waals surface area contributed by atoms with Gasteiger partial charge in [-0.1, -0.05) is 37.6 Å². The van der Waals surface area contributed by atoms with Gasteiger partial charge in [0.15, 0.2) is 0 Å². The zero-order valence-corrected chi connectivity index (χ0v) is 9.42. The average Bonchev–Trinajstić information content (AvgIpc) is 2.38. The van der Waals surface area contributed by atoms with Crippen molar-refractivity contribution in [2.45, 2.75) is 38.7 Å². The molecule has 0 heterocycles. The Labute approximate surface area is 86.1 Å². The summed E-state index contributed by atoms with van der Waals surface area (Å²) >= 11 is 0. The van der Waals surface area contributed by atoms with Gasteiger partial charge in [-0.05, 0) is 24.5 Å². The Balaban J connectivity index is 2.50. The zero-order chi connectivity index (χ0) is 10.3. The minimum Gasteiger partial charge on any atom is -0.380 e. The molecule has 0 saturated carbocycles. The predicted octanol–water partition coefficient (Wildman–Crippen LogP) is 2.84. The molecule has 1 aliphatic carbocycles. The first kappa shape index (κ1) is 9.72. The van der Waals surface area contributed by atoms with Crippen molar-refractivity contribution in [1.29, 1.82) is 0 Å². The fraction of sp³-hybridized carbons (Fsp3) is 0.538. The SMILES string of the molecule is COC1Cc2ccc(C)cc2C1(C)C. The quantitative estimate of drug-likeness (QED) is 0.661. The number of hydrogen-bond acceptors (Lipinski definition) is 1. The van der Waals surface area contributed by atoms with Crippen molar-refractivity contribution in [1.82, 2.24) is 0 Å². The lowest BCUT2D eigenvalue weighted by Crippen LogP contribution is -2.30. The molecule has 0 saturated heterocycles. The van der Waals surface area contributed by atoms with E-state index in [-0.39, 0.29) is 5.41 Å². The third-order valence-electron chi connectivity index (χ3n) is 3.45. The second-order valence-corrected chi connectivity index (χ2v) is 4.81. The monoisotopic (exact) mass is 190 g/mol. The van der Waals surface area contributed by atoms with Gasteiger partial charge in [0.2, 0.25) is 0 Å². The van der Waals surface area contributed by atoms with Crippen molar-refractivity contribution >= 4 is 0 Å². The van der Waals surface area contributed by atoms with Gasteiger partial charge < -0.3 is 4.74 Å². The van der Waals surface area contributed by atoms with Crippen LogP contribution in [0.2, 0.25) is 0 Å². The first-order chi connectivity index (χ1) is 6.55. The third kappa shape index (κ3) is 1.27. The highest BCUT2D eigenvalue weighted by Crippen LogP contribution is 2.40. The highest BCUT2D eigenvalue weighted by atomic mass is 16.5. The van der Waals surface area contributed by atoms with Crippen molar-refractivity contribution in [3.05, 3.63) is 34.9 Å². The predicted molar refractivity (Wildman–Crippen MR) is 58.7 cm³/mol. The molecule has 0 N–H and O–H groups in total. The molecule has 0 radical (unpaired) electrons. The van der Waals surface area contributed by atoms with Crippen LogP contribution in [0.5, 0.6) is 0 Å². The van der Waals surface area contributed by atoms with Crippen LogP contribution in [0.25, 0.3) is 0 Å². The molecule has 1 atom stereocenters. The number of rotatable bonds is 1. The summed E-state index contributed by atoms with van der Waals surface area (Å²) in [5.41, 5.74) is 4.42. The fourth-order valence-corrected chi connectivity index (χ4v) is 2.47. The topological polar surface area (TPSA) is 9.23 Å².